The van der Waals surface area contributed by atoms with Gasteiger partial charge in [0, 0.05) is 6.04 Å². The first-order valence-corrected chi connectivity index (χ1v) is 8.70. The van der Waals surface area contributed by atoms with Gasteiger partial charge in [-0.15, -0.1) is 0 Å². The SMILES string of the molecule is CC(C)(C)OC(=O)NC1CC2(C1)CC(O)(c1ccc(C(F)(F)F)cc1)C2. The number of nitrogens with one attached hydrogen (secondary N) is 1. The number of benzene rings is 1. The van der Waals surface area contributed by atoms with Gasteiger partial charge < -0.3 is 15.2 Å². The van der Waals surface area contributed by atoms with Crippen LogP contribution in [0.4, 0.5) is 18.0 Å². The van der Waals surface area contributed by atoms with Gasteiger partial charge in [-0.2, -0.15) is 13.2 Å². The maximum atomic E-state index is 12.6. The minimum atomic E-state index is -4.38. The molecule has 0 aliphatic heterocycles. The molecule has 7 heteroatoms. The second kappa shape index (κ2) is 5.87. The molecule has 0 heterocycles. The van der Waals surface area contributed by atoms with Crippen LogP contribution in [0.15, 0.2) is 24.3 Å². The highest BCUT2D eigenvalue weighted by atomic mass is 19.4. The zero-order chi connectivity index (χ0) is 19.4. The van der Waals surface area contributed by atoms with Crippen LogP contribution in [0.1, 0.15) is 57.6 Å². The van der Waals surface area contributed by atoms with Crippen LogP contribution in [0.25, 0.3) is 0 Å². The van der Waals surface area contributed by atoms with Crippen molar-refractivity contribution in [2.24, 2.45) is 5.41 Å². The highest BCUT2D eigenvalue weighted by molar-refractivity contribution is 5.68. The van der Waals surface area contributed by atoms with E-state index in [0.717, 1.165) is 25.0 Å². The van der Waals surface area contributed by atoms with Crippen molar-refractivity contribution < 1.29 is 27.8 Å². The maximum absolute atomic E-state index is 12.6. The zero-order valence-electron chi connectivity index (χ0n) is 15.1. The number of alkyl halides is 3. The molecule has 0 radical (unpaired) electrons. The number of halogens is 3. The molecule has 1 aromatic rings. The zero-order valence-corrected chi connectivity index (χ0v) is 15.1. The van der Waals surface area contributed by atoms with Gasteiger partial charge in [0.05, 0.1) is 11.2 Å². The fourth-order valence-electron chi connectivity index (χ4n) is 4.21. The van der Waals surface area contributed by atoms with Crippen molar-refractivity contribution in [2.75, 3.05) is 0 Å². The van der Waals surface area contributed by atoms with Crippen LogP contribution in [0.5, 0.6) is 0 Å². The van der Waals surface area contributed by atoms with E-state index < -0.39 is 29.0 Å². The summed E-state index contributed by atoms with van der Waals surface area (Å²) in [7, 11) is 0. The predicted molar refractivity (Wildman–Crippen MR) is 89.4 cm³/mol. The van der Waals surface area contributed by atoms with Crippen LogP contribution in [-0.4, -0.2) is 22.8 Å². The van der Waals surface area contributed by atoms with Gasteiger partial charge in [-0.3, -0.25) is 0 Å². The fourth-order valence-corrected chi connectivity index (χ4v) is 4.21. The number of hydrogen-bond acceptors (Lipinski definition) is 3. The highest BCUT2D eigenvalue weighted by Crippen LogP contribution is 2.63. The fraction of sp³-hybridized carbons (Fsp3) is 0.632. The third-order valence-corrected chi connectivity index (χ3v) is 5.16. The largest absolute Gasteiger partial charge is 0.444 e. The molecule has 0 saturated heterocycles. The van der Waals surface area contributed by atoms with Crippen molar-refractivity contribution in [3.8, 4) is 0 Å². The van der Waals surface area contributed by atoms with Gasteiger partial charge in [-0.05, 0) is 69.6 Å². The molecule has 2 saturated carbocycles. The highest BCUT2D eigenvalue weighted by Gasteiger charge is 2.60. The quantitative estimate of drug-likeness (QED) is 0.812. The van der Waals surface area contributed by atoms with Crippen LogP contribution in [-0.2, 0) is 16.5 Å². The second-order valence-electron chi connectivity index (χ2n) is 8.71. The van der Waals surface area contributed by atoms with Gasteiger partial charge in [-0.25, -0.2) is 4.79 Å². The molecule has 144 valence electrons. The summed E-state index contributed by atoms with van der Waals surface area (Å²) in [5.41, 5.74) is -1.88. The van der Waals surface area contributed by atoms with E-state index in [1.54, 1.807) is 20.8 Å². The number of carbonyl (C=O) groups excluding carboxylic acids is 1. The van der Waals surface area contributed by atoms with E-state index in [1.165, 1.54) is 12.1 Å². The molecule has 2 aliphatic rings. The van der Waals surface area contributed by atoms with Crippen LogP contribution >= 0.6 is 0 Å². The van der Waals surface area contributed by atoms with Crippen LogP contribution < -0.4 is 5.32 Å². The van der Waals surface area contributed by atoms with E-state index in [9.17, 15) is 23.1 Å². The normalized spacial score (nSPS) is 31.1. The third-order valence-electron chi connectivity index (χ3n) is 5.16. The Morgan fingerprint density at radius 2 is 1.69 bits per heavy atom. The Balaban J connectivity index is 1.52. The van der Waals surface area contributed by atoms with E-state index in [2.05, 4.69) is 5.32 Å². The Hall–Kier alpha value is -1.76. The topological polar surface area (TPSA) is 58.6 Å². The smallest absolute Gasteiger partial charge is 0.416 e. The summed E-state index contributed by atoms with van der Waals surface area (Å²) in [4.78, 5) is 11.8. The Labute approximate surface area is 150 Å². The molecule has 1 spiro atoms. The van der Waals surface area contributed by atoms with Gasteiger partial charge in [0.1, 0.15) is 5.60 Å². The number of aliphatic hydroxyl groups is 1. The van der Waals surface area contributed by atoms with Crippen LogP contribution in [0.3, 0.4) is 0 Å². The van der Waals surface area contributed by atoms with Crippen LogP contribution in [0.2, 0.25) is 0 Å². The van der Waals surface area contributed by atoms with E-state index in [0.29, 0.717) is 18.4 Å². The summed E-state index contributed by atoms with van der Waals surface area (Å²) < 4.78 is 43.1. The van der Waals surface area contributed by atoms with Crippen LogP contribution in [0, 0.1) is 5.41 Å². The third kappa shape index (κ3) is 3.82. The minimum Gasteiger partial charge on any atom is -0.444 e. The molecule has 2 fully saturated rings. The summed E-state index contributed by atoms with van der Waals surface area (Å²) >= 11 is 0. The first-order chi connectivity index (χ1) is 11.8. The van der Waals surface area contributed by atoms with Crippen molar-refractivity contribution in [3.05, 3.63) is 35.4 Å². The number of ether oxygens (including phenoxy) is 1. The average Bonchev–Trinajstić information content (AvgIpc) is 2.40. The molecule has 2 N–H and O–H groups in total. The maximum Gasteiger partial charge on any atom is 0.416 e. The van der Waals surface area contributed by atoms with E-state index in [1.807, 2.05) is 0 Å². The molecule has 0 unspecified atom stereocenters. The Morgan fingerprint density at radius 1 is 1.15 bits per heavy atom. The second-order valence-corrected chi connectivity index (χ2v) is 8.71. The first-order valence-electron chi connectivity index (χ1n) is 8.70. The summed E-state index contributed by atoms with van der Waals surface area (Å²) in [5.74, 6) is 0. The van der Waals surface area contributed by atoms with Crippen molar-refractivity contribution in [1.82, 2.24) is 5.32 Å². The van der Waals surface area contributed by atoms with Gasteiger partial charge in [0.25, 0.3) is 0 Å². The number of hydrogen-bond donors (Lipinski definition) is 2. The number of rotatable bonds is 2. The summed E-state index contributed by atoms with van der Waals surface area (Å²) in [5, 5.41) is 13.5. The van der Waals surface area contributed by atoms with Crippen molar-refractivity contribution >= 4 is 6.09 Å². The van der Waals surface area contributed by atoms with Gasteiger partial charge in [-0.1, -0.05) is 12.1 Å². The Morgan fingerprint density at radius 3 is 2.15 bits per heavy atom. The molecule has 0 atom stereocenters. The standard InChI is InChI=1S/C19H24F3NO3/c1-16(2,3)26-15(24)23-14-8-17(9-14)10-18(25,11-17)12-4-6-13(7-5-12)19(20,21)22/h4-7,14,25H,8-11H2,1-3H3,(H,23,24). The summed E-state index contributed by atoms with van der Waals surface area (Å²) in [6.45, 7) is 5.39. The predicted octanol–water partition coefficient (Wildman–Crippen LogP) is 4.36. The van der Waals surface area contributed by atoms with E-state index in [4.69, 9.17) is 4.74 Å². The molecular weight excluding hydrogens is 347 g/mol. The summed E-state index contributed by atoms with van der Waals surface area (Å²) in [6.07, 6.45) is -2.34. The Kier molecular flexibility index (Phi) is 4.30. The van der Waals surface area contributed by atoms with Crippen molar-refractivity contribution in [3.63, 3.8) is 0 Å². The lowest BCUT2D eigenvalue weighted by Crippen LogP contribution is -2.61. The molecule has 1 amide bonds. The van der Waals surface area contributed by atoms with E-state index in [-0.39, 0.29) is 11.5 Å². The molecule has 3 rings (SSSR count). The molecule has 0 aromatic heterocycles. The average molecular weight is 371 g/mol. The Bertz CT molecular complexity index is 677. The lowest BCUT2D eigenvalue weighted by Gasteiger charge is -2.61. The lowest BCUT2D eigenvalue weighted by molar-refractivity contribution is -0.177. The number of amides is 1. The van der Waals surface area contributed by atoms with Crippen molar-refractivity contribution in [1.29, 1.82) is 0 Å². The number of carbonyl (C=O) groups is 1. The van der Waals surface area contributed by atoms with Crippen molar-refractivity contribution in [2.45, 2.75) is 69.9 Å². The molecule has 1 aromatic carbocycles. The molecule has 26 heavy (non-hydrogen) atoms. The lowest BCUT2D eigenvalue weighted by atomic mass is 9.47. The summed E-state index contributed by atoms with van der Waals surface area (Å²) in [6, 6.07) is 4.73. The van der Waals surface area contributed by atoms with E-state index >= 15 is 0 Å². The minimum absolute atomic E-state index is 0.0157. The first kappa shape index (κ1) is 19.0. The van der Waals surface area contributed by atoms with Gasteiger partial charge in [0.2, 0.25) is 0 Å². The van der Waals surface area contributed by atoms with Gasteiger partial charge >= 0.3 is 12.3 Å². The van der Waals surface area contributed by atoms with Gasteiger partial charge in [0.15, 0.2) is 0 Å². The molecule has 4 nitrogen and oxygen atoms in total. The number of alkyl carbamates (subject to hydrolysis) is 1. The monoisotopic (exact) mass is 371 g/mol. The molecule has 2 aliphatic carbocycles. The molecule has 0 bridgehead atoms. The molecular formula is C19H24F3NO3.